The Morgan fingerprint density at radius 2 is 0.829 bits per heavy atom. The minimum Gasteiger partial charge on any atom is -0.550 e. The number of nitrogen functional groups attached to an aromatic ring is 2. The molecule has 0 spiro atoms. The van der Waals surface area contributed by atoms with Gasteiger partial charge in [0.2, 0.25) is 0 Å². The smallest absolute Gasteiger partial charge is 0.268 e. The molecule has 76 heavy (non-hydrogen) atoms. The third kappa shape index (κ3) is 17.1. The van der Waals surface area contributed by atoms with Crippen LogP contribution in [-0.2, 0) is 35.8 Å². The summed E-state index contributed by atoms with van der Waals surface area (Å²) in [6.45, 7) is 3.82. The summed E-state index contributed by atoms with van der Waals surface area (Å²) in [4.78, 5) is 44.3. The van der Waals surface area contributed by atoms with Crippen LogP contribution in [0.15, 0.2) is 155 Å². The number of hydrogen-bond acceptors (Lipinski definition) is 8. The number of nitrogens with two attached hydrogens (primary N) is 2. The van der Waals surface area contributed by atoms with Gasteiger partial charge in [-0.3, -0.25) is 29.4 Å². The molecule has 6 aromatic carbocycles. The second-order valence-electron chi connectivity index (χ2n) is 19.6. The van der Waals surface area contributed by atoms with Crippen LogP contribution in [0.5, 0.6) is 0 Å². The molecule has 0 aliphatic carbocycles. The van der Waals surface area contributed by atoms with Gasteiger partial charge < -0.3 is 51.0 Å². The highest BCUT2D eigenvalue weighted by molar-refractivity contribution is 9.10. The summed E-state index contributed by atoms with van der Waals surface area (Å²) in [6.07, 6.45) is 0. The number of quaternary nitrogens is 2. The molecule has 18 heteroatoms. The highest BCUT2D eigenvalue weighted by Crippen LogP contribution is 2.28. The van der Waals surface area contributed by atoms with Gasteiger partial charge in [-0.25, -0.2) is 0 Å². The first-order chi connectivity index (χ1) is 35.7. The number of nitrogens with one attached hydrogen (secondary N) is 4. The first-order valence-corrected chi connectivity index (χ1v) is 25.5. The fraction of sp³-hybridized carbons (Fsp3) is 0.207. The maximum atomic E-state index is 13.3. The summed E-state index contributed by atoms with van der Waals surface area (Å²) in [5.41, 5.74) is 22.2. The molecule has 2 aromatic heterocycles. The highest BCUT2D eigenvalue weighted by Gasteiger charge is 2.20. The van der Waals surface area contributed by atoms with Gasteiger partial charge in [0.25, 0.3) is 11.8 Å². The predicted octanol–water partition coefficient (Wildman–Crippen LogP) is 7.24. The number of benzene rings is 6. The van der Waals surface area contributed by atoms with Gasteiger partial charge in [0.15, 0.2) is 0 Å². The van der Waals surface area contributed by atoms with Crippen LogP contribution in [0.3, 0.4) is 0 Å². The number of hydrogen-bond donors (Lipinski definition) is 6. The third-order valence-electron chi connectivity index (χ3n) is 11.7. The summed E-state index contributed by atoms with van der Waals surface area (Å²) in [6, 6.07) is 47.6. The number of carboxylic acids is 2. The van der Waals surface area contributed by atoms with Gasteiger partial charge in [-0.15, -0.1) is 0 Å². The van der Waals surface area contributed by atoms with Crippen LogP contribution in [0.25, 0.3) is 21.8 Å². The number of carbonyl (C=O) groups excluding carboxylic acids is 4. The van der Waals surface area contributed by atoms with Crippen molar-refractivity contribution in [2.45, 2.75) is 40.0 Å². The monoisotopic (exact) mass is 1150 g/mol. The molecule has 0 bridgehead atoms. The van der Waals surface area contributed by atoms with Crippen molar-refractivity contribution in [1.82, 2.24) is 28.7 Å². The van der Waals surface area contributed by atoms with Crippen molar-refractivity contribution in [1.29, 1.82) is 10.8 Å². The van der Waals surface area contributed by atoms with Crippen molar-refractivity contribution in [2.24, 2.45) is 11.5 Å². The normalized spacial score (nSPS) is 11.0. The summed E-state index contributed by atoms with van der Waals surface area (Å²) in [5.74, 6) is -2.38. The Labute approximate surface area is 460 Å². The molecule has 16 nitrogen and oxygen atoms in total. The Morgan fingerprint density at radius 1 is 0.500 bits per heavy atom. The lowest BCUT2D eigenvalue weighted by Gasteiger charge is -2.23. The Morgan fingerprint density at radius 3 is 1.13 bits per heavy atom. The van der Waals surface area contributed by atoms with Crippen molar-refractivity contribution < 1.29 is 29.4 Å². The van der Waals surface area contributed by atoms with E-state index in [1.807, 2.05) is 106 Å². The molecule has 0 saturated heterocycles. The molecule has 0 fully saturated rings. The van der Waals surface area contributed by atoms with Crippen molar-refractivity contribution >= 4 is 100 Å². The fourth-order valence-electron chi connectivity index (χ4n) is 7.91. The van der Waals surface area contributed by atoms with Crippen molar-refractivity contribution in [3.8, 4) is 0 Å². The van der Waals surface area contributed by atoms with Gasteiger partial charge in [-0.05, 0) is 121 Å². The molecule has 0 radical (unpaired) electrons. The Balaban J connectivity index is 0.000000246. The van der Waals surface area contributed by atoms with Crippen molar-refractivity contribution in [3.63, 3.8) is 0 Å². The molecule has 8 rings (SSSR count). The zero-order chi connectivity index (χ0) is 56.1. The second-order valence-corrected chi connectivity index (χ2v) is 21.4. The molecule has 2 heterocycles. The molecule has 2 amide bonds. The molecular weight excluding hydrogens is 1090 g/mol. The topological polar surface area (TPSA) is 248 Å². The fourth-order valence-corrected chi connectivity index (χ4v) is 8.67. The average Bonchev–Trinajstić information content (AvgIpc) is 3.88. The maximum absolute atomic E-state index is 13.3. The molecular formula is C58H64Br2N10O6. The van der Waals surface area contributed by atoms with E-state index >= 15 is 0 Å². The van der Waals surface area contributed by atoms with Crippen molar-refractivity contribution in [3.05, 3.63) is 199 Å². The molecule has 8 N–H and O–H groups in total. The second kappa shape index (κ2) is 26.0. The summed E-state index contributed by atoms with van der Waals surface area (Å²) in [7, 11) is 12.8. The molecule has 0 unspecified atom stereocenters. The molecule has 0 aliphatic heterocycles. The number of amidine groups is 2. The van der Waals surface area contributed by atoms with E-state index in [-0.39, 0.29) is 23.5 Å². The summed E-state index contributed by atoms with van der Waals surface area (Å²) >= 11 is 7.06. The van der Waals surface area contributed by atoms with Gasteiger partial charge in [-0.1, -0.05) is 92.5 Å². The van der Waals surface area contributed by atoms with E-state index in [0.717, 1.165) is 75.8 Å². The van der Waals surface area contributed by atoms with Gasteiger partial charge >= 0.3 is 0 Å². The zero-order valence-corrected chi connectivity index (χ0v) is 47.0. The van der Waals surface area contributed by atoms with Crippen LogP contribution in [0.4, 0.5) is 11.4 Å². The van der Waals surface area contributed by atoms with Crippen LogP contribution in [-0.4, -0.2) is 86.8 Å². The van der Waals surface area contributed by atoms with E-state index in [2.05, 4.69) is 133 Å². The molecule has 0 saturated carbocycles. The van der Waals surface area contributed by atoms with Gasteiger partial charge in [0.1, 0.15) is 34.4 Å². The van der Waals surface area contributed by atoms with Crippen LogP contribution < -0.4 is 41.3 Å². The predicted molar refractivity (Wildman–Crippen MR) is 308 cm³/mol. The van der Waals surface area contributed by atoms with E-state index in [1.165, 1.54) is 11.4 Å². The summed E-state index contributed by atoms with van der Waals surface area (Å²) in [5, 5.41) is 41.4. The number of rotatable bonds is 14. The van der Waals surface area contributed by atoms with Crippen LogP contribution in [0.1, 0.15) is 68.2 Å². The number of carbonyl (C=O) groups is 4. The SMILES string of the molecule is CC(=O)[O-].CC(=O)[O-].C[N+](C)(C)c1ccc(CNC(=O)c2cc3cc(Br)ccc3n2Cc2cccc(C(=N)N)c2)cc1.C[N+](C)(C)c1ccc(CNC(=O)c2cc3cc(Br)ccc3n2Cc2cccc(C(=N)N)c2)cc1. The van der Waals surface area contributed by atoms with Crippen molar-refractivity contribution in [2.75, 3.05) is 42.3 Å². The number of fused-ring (bicyclic) bond motifs is 2. The number of amides is 2. The lowest BCUT2D eigenvalue weighted by Crippen LogP contribution is -2.34. The van der Waals surface area contributed by atoms with E-state index < -0.39 is 11.9 Å². The quantitative estimate of drug-likeness (QED) is 0.0367. The highest BCUT2D eigenvalue weighted by atomic mass is 79.9. The number of aliphatic carboxylic acids is 2. The molecule has 0 aliphatic rings. The average molecular weight is 1160 g/mol. The third-order valence-corrected chi connectivity index (χ3v) is 12.7. The largest absolute Gasteiger partial charge is 0.550 e. The standard InChI is InChI=1S/2C27H28BrN5O.2C2H4O2/c2*1-33(2,3)23-10-7-18(8-11-23)16-31-27(34)25-15-21-14-22(28)9-12-24(21)32(25)17-19-5-4-6-20(13-19)26(29)30;2*1-2(3)4/h2*4-15H,16-17H2,1-3H3,(H3-,29,30,31,34);2*1H3,(H,3,4). The van der Waals surface area contributed by atoms with Crippen LogP contribution in [0, 0.1) is 10.8 Å². The lowest BCUT2D eigenvalue weighted by molar-refractivity contribution is -0.303. The van der Waals surface area contributed by atoms with Crippen LogP contribution >= 0.6 is 31.9 Å². The maximum Gasteiger partial charge on any atom is 0.268 e. The Hall–Kier alpha value is -7.90. The van der Waals surface area contributed by atoms with Gasteiger partial charge in [-0.2, -0.15) is 0 Å². The first kappa shape index (κ1) is 59.0. The van der Waals surface area contributed by atoms with E-state index in [4.69, 9.17) is 42.1 Å². The number of halogens is 2. The molecule has 8 aromatic rings. The zero-order valence-electron chi connectivity index (χ0n) is 43.8. The minimum atomic E-state index is -1.08. The Kier molecular flexibility index (Phi) is 20.2. The van der Waals surface area contributed by atoms with E-state index in [9.17, 15) is 9.59 Å². The summed E-state index contributed by atoms with van der Waals surface area (Å²) < 4.78 is 7.42. The lowest BCUT2D eigenvalue weighted by atomic mass is 10.1. The number of nitrogens with zero attached hydrogens (tertiary/aromatic N) is 4. The number of aromatic nitrogens is 2. The molecule has 396 valence electrons. The minimum absolute atomic E-state index is 0.0254. The van der Waals surface area contributed by atoms with E-state index in [1.54, 1.807) is 0 Å². The van der Waals surface area contributed by atoms with Gasteiger partial charge in [0, 0.05) is 80.0 Å². The first-order valence-electron chi connectivity index (χ1n) is 23.9. The number of carboxylic acid groups (broad SMARTS) is 2. The Bertz CT molecular complexity index is 3160. The van der Waals surface area contributed by atoms with E-state index in [0.29, 0.717) is 48.7 Å². The van der Waals surface area contributed by atoms with Gasteiger partial charge in [0.05, 0.1) is 42.3 Å². The molecule has 0 atom stereocenters. The van der Waals surface area contributed by atoms with Crippen LogP contribution in [0.2, 0.25) is 0 Å².